The number of rotatable bonds is 3. The molecule has 0 atom stereocenters. The number of thiazole rings is 1. The molecule has 0 spiro atoms. The molecule has 0 fully saturated rings. The highest BCUT2D eigenvalue weighted by Crippen LogP contribution is 2.35. The van der Waals surface area contributed by atoms with E-state index in [1.165, 1.54) is 35.2 Å². The number of phenols is 2. The van der Waals surface area contributed by atoms with Gasteiger partial charge in [0.15, 0.2) is 15.8 Å². The maximum absolute atomic E-state index is 9.49. The summed E-state index contributed by atoms with van der Waals surface area (Å²) in [6, 6.07) is 14.4. The number of para-hydroxylation sites is 1. The third-order valence-corrected chi connectivity index (χ3v) is 4.90. The number of thioether (sulfide) groups is 1. The number of phenolic OH excluding ortho intramolecular Hbond substituents is 2. The van der Waals surface area contributed by atoms with E-state index in [1.54, 1.807) is 12.1 Å². The van der Waals surface area contributed by atoms with Gasteiger partial charge in [-0.2, -0.15) is 5.26 Å². The van der Waals surface area contributed by atoms with Gasteiger partial charge in [-0.1, -0.05) is 18.2 Å². The quantitative estimate of drug-likeness (QED) is 0.425. The van der Waals surface area contributed by atoms with Crippen LogP contribution in [0.2, 0.25) is 0 Å². The number of aromatic hydroxyl groups is 2. The number of nitrogens with zero attached hydrogens (tertiary/aromatic N) is 2. The van der Waals surface area contributed by atoms with Crippen molar-refractivity contribution >= 4 is 39.4 Å². The summed E-state index contributed by atoms with van der Waals surface area (Å²) in [6.07, 6.45) is 1.65. The van der Waals surface area contributed by atoms with Crippen LogP contribution in [0.25, 0.3) is 16.3 Å². The molecule has 6 heteroatoms. The molecule has 0 aliphatic rings. The lowest BCUT2D eigenvalue weighted by molar-refractivity contribution is 0.403. The second-order valence-electron chi connectivity index (χ2n) is 4.42. The first kappa shape index (κ1) is 14.4. The normalized spacial score (nSPS) is 11.5. The Morgan fingerprint density at radius 3 is 2.73 bits per heavy atom. The monoisotopic (exact) mass is 326 g/mol. The lowest BCUT2D eigenvalue weighted by atomic mass is 10.2. The fourth-order valence-corrected chi connectivity index (χ4v) is 3.83. The molecular weight excluding hydrogens is 316 g/mol. The van der Waals surface area contributed by atoms with Gasteiger partial charge in [-0.3, -0.25) is 0 Å². The molecule has 22 heavy (non-hydrogen) atoms. The van der Waals surface area contributed by atoms with Gasteiger partial charge in [0.1, 0.15) is 6.07 Å². The SMILES string of the molecule is N#CC(=Cc1ccc(O)c(O)c1)Sc1nc2ccccc2s1. The highest BCUT2D eigenvalue weighted by atomic mass is 32.2. The van der Waals surface area contributed by atoms with Crippen molar-refractivity contribution in [2.45, 2.75) is 4.34 Å². The molecule has 3 rings (SSSR count). The van der Waals surface area contributed by atoms with E-state index in [4.69, 9.17) is 0 Å². The van der Waals surface area contributed by atoms with Crippen LogP contribution in [0.4, 0.5) is 0 Å². The zero-order valence-electron chi connectivity index (χ0n) is 11.2. The first-order valence-electron chi connectivity index (χ1n) is 6.33. The van der Waals surface area contributed by atoms with Gasteiger partial charge in [-0.15, -0.1) is 11.3 Å². The minimum Gasteiger partial charge on any atom is -0.504 e. The van der Waals surface area contributed by atoms with Crippen molar-refractivity contribution in [3.8, 4) is 17.6 Å². The molecule has 0 radical (unpaired) electrons. The molecule has 0 bridgehead atoms. The summed E-state index contributed by atoms with van der Waals surface area (Å²) < 4.78 is 1.86. The van der Waals surface area contributed by atoms with Crippen molar-refractivity contribution in [3.05, 3.63) is 52.9 Å². The average molecular weight is 326 g/mol. The molecule has 0 saturated heterocycles. The van der Waals surface area contributed by atoms with E-state index in [9.17, 15) is 15.5 Å². The van der Waals surface area contributed by atoms with Gasteiger partial charge < -0.3 is 10.2 Å². The van der Waals surface area contributed by atoms with Crippen molar-refractivity contribution in [1.82, 2.24) is 4.98 Å². The van der Waals surface area contributed by atoms with Crippen LogP contribution in [0.15, 0.2) is 51.7 Å². The summed E-state index contributed by atoms with van der Waals surface area (Å²) in [5, 5.41) is 28.1. The highest BCUT2D eigenvalue weighted by Gasteiger charge is 2.08. The van der Waals surface area contributed by atoms with E-state index in [2.05, 4.69) is 11.1 Å². The van der Waals surface area contributed by atoms with E-state index in [1.807, 2.05) is 24.3 Å². The van der Waals surface area contributed by atoms with E-state index < -0.39 is 0 Å². The molecule has 0 aliphatic carbocycles. The van der Waals surface area contributed by atoms with Crippen LogP contribution < -0.4 is 0 Å². The van der Waals surface area contributed by atoms with Crippen molar-refractivity contribution in [3.63, 3.8) is 0 Å². The first-order valence-corrected chi connectivity index (χ1v) is 7.96. The predicted molar refractivity (Wildman–Crippen MR) is 88.8 cm³/mol. The van der Waals surface area contributed by atoms with Gasteiger partial charge in [0.25, 0.3) is 0 Å². The Hall–Kier alpha value is -2.49. The van der Waals surface area contributed by atoms with Gasteiger partial charge in [0, 0.05) is 0 Å². The summed E-state index contributed by atoms with van der Waals surface area (Å²) in [5.41, 5.74) is 1.55. The minimum atomic E-state index is -0.212. The Balaban J connectivity index is 1.89. The molecule has 1 heterocycles. The zero-order valence-corrected chi connectivity index (χ0v) is 12.9. The van der Waals surface area contributed by atoms with Crippen LogP contribution in [0, 0.1) is 11.3 Å². The second kappa shape index (κ2) is 6.10. The van der Waals surface area contributed by atoms with Crippen LogP contribution in [0.5, 0.6) is 11.5 Å². The van der Waals surface area contributed by atoms with Gasteiger partial charge in [0.05, 0.1) is 15.1 Å². The zero-order chi connectivity index (χ0) is 15.5. The summed E-state index contributed by atoms with van der Waals surface area (Å²) in [7, 11) is 0. The van der Waals surface area contributed by atoms with Crippen LogP contribution >= 0.6 is 23.1 Å². The maximum Gasteiger partial charge on any atom is 0.157 e. The van der Waals surface area contributed by atoms with E-state index in [0.29, 0.717) is 10.5 Å². The lowest BCUT2D eigenvalue weighted by Crippen LogP contribution is -1.77. The molecule has 1 aromatic heterocycles. The number of hydrogen-bond acceptors (Lipinski definition) is 6. The van der Waals surface area contributed by atoms with Crippen LogP contribution in [0.3, 0.4) is 0 Å². The molecule has 3 aromatic rings. The molecule has 0 amide bonds. The van der Waals surface area contributed by atoms with Gasteiger partial charge >= 0.3 is 0 Å². The molecular formula is C16H10N2O2S2. The molecule has 2 aromatic carbocycles. The number of benzene rings is 2. The van der Waals surface area contributed by atoms with Crippen LogP contribution in [-0.4, -0.2) is 15.2 Å². The van der Waals surface area contributed by atoms with E-state index in [-0.39, 0.29) is 11.5 Å². The maximum atomic E-state index is 9.49. The summed E-state index contributed by atoms with van der Waals surface area (Å²) in [5.74, 6) is -0.398. The molecule has 2 N–H and O–H groups in total. The third kappa shape index (κ3) is 3.06. The lowest BCUT2D eigenvalue weighted by Gasteiger charge is -1.99. The number of allylic oxidation sites excluding steroid dienone is 1. The number of fused-ring (bicyclic) bond motifs is 1. The van der Waals surface area contributed by atoms with E-state index in [0.717, 1.165) is 14.6 Å². The second-order valence-corrected chi connectivity index (χ2v) is 6.74. The fraction of sp³-hybridized carbons (Fsp3) is 0. The predicted octanol–water partition coefficient (Wildman–Crippen LogP) is 4.36. The Labute approximate surface area is 135 Å². The first-order chi connectivity index (χ1) is 10.7. The molecule has 0 aliphatic heterocycles. The topological polar surface area (TPSA) is 77.1 Å². The van der Waals surface area contributed by atoms with Gasteiger partial charge in [-0.25, -0.2) is 4.98 Å². The Morgan fingerprint density at radius 1 is 1.18 bits per heavy atom. The standard InChI is InChI=1S/C16H10N2O2S2/c17-9-11(7-10-5-6-13(19)14(20)8-10)21-16-18-12-3-1-2-4-15(12)22-16/h1-8,19-20H. The molecule has 4 nitrogen and oxygen atoms in total. The summed E-state index contributed by atoms with van der Waals surface area (Å²) in [4.78, 5) is 4.94. The Morgan fingerprint density at radius 2 is 2.00 bits per heavy atom. The van der Waals surface area contributed by atoms with Crippen molar-refractivity contribution in [1.29, 1.82) is 5.26 Å². The van der Waals surface area contributed by atoms with Gasteiger partial charge in [0.2, 0.25) is 0 Å². The Kier molecular flexibility index (Phi) is 4.00. The molecule has 108 valence electrons. The summed E-state index contributed by atoms with van der Waals surface area (Å²) >= 11 is 2.81. The van der Waals surface area contributed by atoms with Crippen molar-refractivity contribution in [2.24, 2.45) is 0 Å². The largest absolute Gasteiger partial charge is 0.504 e. The van der Waals surface area contributed by atoms with Gasteiger partial charge in [-0.05, 0) is 47.7 Å². The molecule has 0 saturated carbocycles. The minimum absolute atomic E-state index is 0.186. The highest BCUT2D eigenvalue weighted by molar-refractivity contribution is 8.05. The summed E-state index contributed by atoms with van der Waals surface area (Å²) in [6.45, 7) is 0. The van der Waals surface area contributed by atoms with E-state index >= 15 is 0 Å². The number of hydrogen-bond donors (Lipinski definition) is 2. The Bertz CT molecular complexity index is 877. The smallest absolute Gasteiger partial charge is 0.157 e. The fourth-order valence-electron chi connectivity index (χ4n) is 1.85. The van der Waals surface area contributed by atoms with Crippen LogP contribution in [-0.2, 0) is 0 Å². The van der Waals surface area contributed by atoms with Crippen molar-refractivity contribution < 1.29 is 10.2 Å². The van der Waals surface area contributed by atoms with Crippen LogP contribution in [0.1, 0.15) is 5.56 Å². The third-order valence-electron chi connectivity index (χ3n) is 2.88. The number of aromatic nitrogens is 1. The average Bonchev–Trinajstić information content (AvgIpc) is 2.92. The molecule has 0 unspecified atom stereocenters. The number of nitriles is 1. The van der Waals surface area contributed by atoms with Crippen molar-refractivity contribution in [2.75, 3.05) is 0 Å².